The Morgan fingerprint density at radius 1 is 1.44 bits per heavy atom. The number of hydrogen-bond acceptors (Lipinski definition) is 4. The van der Waals surface area contributed by atoms with Crippen molar-refractivity contribution in [3.63, 3.8) is 0 Å². The normalized spacial score (nSPS) is 12.6. The van der Waals surface area contributed by atoms with Crippen LogP contribution >= 0.6 is 0 Å². The Morgan fingerprint density at radius 3 is 2.89 bits per heavy atom. The predicted molar refractivity (Wildman–Crippen MR) is 72.2 cm³/mol. The number of aryl methyl sites for hydroxylation is 1. The SMILES string of the molecule is CCNC(Cc1cnccc1N)c1ccoc1C. The lowest BCUT2D eigenvalue weighted by Gasteiger charge is -2.18. The van der Waals surface area contributed by atoms with E-state index in [-0.39, 0.29) is 6.04 Å². The van der Waals surface area contributed by atoms with E-state index >= 15 is 0 Å². The number of anilines is 1. The topological polar surface area (TPSA) is 64.1 Å². The van der Waals surface area contributed by atoms with Crippen molar-refractivity contribution in [2.45, 2.75) is 26.3 Å². The van der Waals surface area contributed by atoms with Gasteiger partial charge in [0.05, 0.1) is 6.26 Å². The molecule has 0 saturated heterocycles. The third-order valence-corrected chi connectivity index (χ3v) is 3.09. The fraction of sp³-hybridized carbons (Fsp3) is 0.357. The summed E-state index contributed by atoms with van der Waals surface area (Å²) in [7, 11) is 0. The van der Waals surface area contributed by atoms with Crippen LogP contribution in [0.4, 0.5) is 5.69 Å². The molecule has 2 heterocycles. The fourth-order valence-electron chi connectivity index (χ4n) is 2.12. The molecule has 2 aromatic heterocycles. The van der Waals surface area contributed by atoms with Gasteiger partial charge in [-0.25, -0.2) is 0 Å². The molecule has 0 saturated carbocycles. The van der Waals surface area contributed by atoms with Gasteiger partial charge in [0, 0.05) is 29.7 Å². The Hall–Kier alpha value is -1.81. The van der Waals surface area contributed by atoms with Crippen LogP contribution in [0.3, 0.4) is 0 Å². The molecular formula is C14H19N3O. The number of likely N-dealkylation sites (N-methyl/N-ethyl adjacent to an activating group) is 1. The van der Waals surface area contributed by atoms with E-state index in [0.29, 0.717) is 0 Å². The average molecular weight is 245 g/mol. The number of nitrogens with two attached hydrogens (primary N) is 1. The summed E-state index contributed by atoms with van der Waals surface area (Å²) >= 11 is 0. The molecule has 0 spiro atoms. The predicted octanol–water partition coefficient (Wildman–Crippen LogP) is 2.46. The smallest absolute Gasteiger partial charge is 0.105 e. The van der Waals surface area contributed by atoms with Crippen LogP contribution in [0, 0.1) is 6.92 Å². The highest BCUT2D eigenvalue weighted by atomic mass is 16.3. The van der Waals surface area contributed by atoms with Crippen LogP contribution in [0.15, 0.2) is 35.2 Å². The number of nitrogens with zero attached hydrogens (tertiary/aromatic N) is 1. The van der Waals surface area contributed by atoms with E-state index < -0.39 is 0 Å². The second-order valence-electron chi connectivity index (χ2n) is 4.32. The van der Waals surface area contributed by atoms with E-state index in [0.717, 1.165) is 30.0 Å². The molecule has 0 aliphatic carbocycles. The number of nitrogen functional groups attached to an aromatic ring is 1. The summed E-state index contributed by atoms with van der Waals surface area (Å²) in [6, 6.07) is 4.05. The van der Waals surface area contributed by atoms with Crippen molar-refractivity contribution in [1.82, 2.24) is 10.3 Å². The minimum absolute atomic E-state index is 0.209. The molecule has 1 unspecified atom stereocenters. The second-order valence-corrected chi connectivity index (χ2v) is 4.32. The standard InChI is InChI=1S/C14H19N3O/c1-3-17-14(12-5-7-18-10(12)2)8-11-9-16-6-4-13(11)15/h4-7,9,14,17H,3,8H2,1-2H3,(H2,15,16). The molecule has 2 rings (SSSR count). The monoisotopic (exact) mass is 245 g/mol. The maximum absolute atomic E-state index is 5.97. The van der Waals surface area contributed by atoms with Crippen LogP contribution in [0.2, 0.25) is 0 Å². The summed E-state index contributed by atoms with van der Waals surface area (Å²) in [6.45, 7) is 4.97. The molecule has 0 aliphatic heterocycles. The highest BCUT2D eigenvalue weighted by molar-refractivity contribution is 5.45. The zero-order chi connectivity index (χ0) is 13.0. The van der Waals surface area contributed by atoms with Crippen molar-refractivity contribution < 1.29 is 4.42 Å². The highest BCUT2D eigenvalue weighted by Gasteiger charge is 2.16. The lowest BCUT2D eigenvalue weighted by atomic mass is 9.99. The van der Waals surface area contributed by atoms with Crippen molar-refractivity contribution in [3.8, 4) is 0 Å². The van der Waals surface area contributed by atoms with E-state index in [9.17, 15) is 0 Å². The minimum Gasteiger partial charge on any atom is -0.469 e. The first-order chi connectivity index (χ1) is 8.72. The first-order valence-electron chi connectivity index (χ1n) is 6.18. The van der Waals surface area contributed by atoms with Gasteiger partial charge in [-0.05, 0) is 37.6 Å². The molecule has 0 aromatic carbocycles. The summed E-state index contributed by atoms with van der Waals surface area (Å²) in [5.41, 5.74) is 8.99. The summed E-state index contributed by atoms with van der Waals surface area (Å²) in [6.07, 6.45) is 6.08. The minimum atomic E-state index is 0.209. The fourth-order valence-corrected chi connectivity index (χ4v) is 2.12. The van der Waals surface area contributed by atoms with Gasteiger partial charge in [-0.15, -0.1) is 0 Å². The zero-order valence-electron chi connectivity index (χ0n) is 10.8. The van der Waals surface area contributed by atoms with Crippen molar-refractivity contribution in [2.75, 3.05) is 12.3 Å². The van der Waals surface area contributed by atoms with Gasteiger partial charge in [0.1, 0.15) is 5.76 Å². The maximum Gasteiger partial charge on any atom is 0.105 e. The molecule has 96 valence electrons. The first kappa shape index (κ1) is 12.6. The Bertz CT molecular complexity index is 507. The Kier molecular flexibility index (Phi) is 3.99. The number of hydrogen-bond donors (Lipinski definition) is 2. The molecule has 0 aliphatic rings. The van der Waals surface area contributed by atoms with Gasteiger partial charge in [0.2, 0.25) is 0 Å². The number of rotatable bonds is 5. The molecule has 18 heavy (non-hydrogen) atoms. The van der Waals surface area contributed by atoms with Gasteiger partial charge in [-0.2, -0.15) is 0 Å². The van der Waals surface area contributed by atoms with Gasteiger partial charge < -0.3 is 15.5 Å². The Labute approximate surface area is 107 Å². The Balaban J connectivity index is 2.22. The molecule has 4 nitrogen and oxygen atoms in total. The molecule has 4 heteroatoms. The van der Waals surface area contributed by atoms with Crippen molar-refractivity contribution >= 4 is 5.69 Å². The highest BCUT2D eigenvalue weighted by Crippen LogP contribution is 2.24. The van der Waals surface area contributed by atoms with E-state index in [1.54, 1.807) is 12.5 Å². The maximum atomic E-state index is 5.97. The van der Waals surface area contributed by atoms with Gasteiger partial charge in [0.25, 0.3) is 0 Å². The van der Waals surface area contributed by atoms with Gasteiger partial charge in [-0.1, -0.05) is 6.92 Å². The number of pyridine rings is 1. The number of aromatic nitrogens is 1. The molecule has 0 amide bonds. The lowest BCUT2D eigenvalue weighted by molar-refractivity contribution is 0.501. The van der Waals surface area contributed by atoms with Gasteiger partial charge in [-0.3, -0.25) is 4.98 Å². The van der Waals surface area contributed by atoms with Gasteiger partial charge in [0.15, 0.2) is 0 Å². The second kappa shape index (κ2) is 5.69. The molecule has 3 N–H and O–H groups in total. The third-order valence-electron chi connectivity index (χ3n) is 3.09. The largest absolute Gasteiger partial charge is 0.469 e. The average Bonchev–Trinajstić information content (AvgIpc) is 2.78. The van der Waals surface area contributed by atoms with Crippen LogP contribution in [0.25, 0.3) is 0 Å². The van der Waals surface area contributed by atoms with Gasteiger partial charge >= 0.3 is 0 Å². The quantitative estimate of drug-likeness (QED) is 0.849. The van der Waals surface area contributed by atoms with Crippen LogP contribution < -0.4 is 11.1 Å². The van der Waals surface area contributed by atoms with Crippen molar-refractivity contribution in [2.24, 2.45) is 0 Å². The Morgan fingerprint density at radius 2 is 2.28 bits per heavy atom. The first-order valence-corrected chi connectivity index (χ1v) is 6.18. The zero-order valence-corrected chi connectivity index (χ0v) is 10.8. The summed E-state index contributed by atoms with van der Waals surface area (Å²) in [4.78, 5) is 4.13. The van der Waals surface area contributed by atoms with E-state index in [4.69, 9.17) is 10.2 Å². The number of furan rings is 1. The lowest BCUT2D eigenvalue weighted by Crippen LogP contribution is -2.23. The van der Waals surface area contributed by atoms with Crippen LogP contribution in [-0.2, 0) is 6.42 Å². The van der Waals surface area contributed by atoms with E-state index in [2.05, 4.69) is 17.2 Å². The van der Waals surface area contributed by atoms with Crippen molar-refractivity contribution in [1.29, 1.82) is 0 Å². The molecular weight excluding hydrogens is 226 g/mol. The molecule has 0 fully saturated rings. The molecule has 0 radical (unpaired) electrons. The summed E-state index contributed by atoms with van der Waals surface area (Å²) in [5, 5.41) is 3.46. The van der Waals surface area contributed by atoms with Crippen LogP contribution in [0.5, 0.6) is 0 Å². The van der Waals surface area contributed by atoms with Crippen LogP contribution in [0.1, 0.15) is 29.9 Å². The summed E-state index contributed by atoms with van der Waals surface area (Å²) in [5.74, 6) is 0.948. The van der Waals surface area contributed by atoms with Crippen molar-refractivity contribution in [3.05, 3.63) is 47.7 Å². The number of nitrogens with one attached hydrogen (secondary N) is 1. The summed E-state index contributed by atoms with van der Waals surface area (Å²) < 4.78 is 5.37. The van der Waals surface area contributed by atoms with E-state index in [1.807, 2.05) is 25.3 Å². The third kappa shape index (κ3) is 2.71. The molecule has 1 atom stereocenters. The molecule has 2 aromatic rings. The van der Waals surface area contributed by atoms with E-state index in [1.165, 1.54) is 5.56 Å². The van der Waals surface area contributed by atoms with Crippen LogP contribution in [-0.4, -0.2) is 11.5 Å². The molecule has 0 bridgehead atoms.